The normalized spacial score (nSPS) is 10.5. The van der Waals surface area contributed by atoms with Crippen LogP contribution in [-0.2, 0) is 0 Å². The van der Waals surface area contributed by atoms with E-state index in [0.717, 1.165) is 16.4 Å². The lowest BCUT2D eigenvalue weighted by atomic mass is 10.2. The van der Waals surface area contributed by atoms with Crippen LogP contribution in [0.2, 0.25) is 0 Å². The summed E-state index contributed by atoms with van der Waals surface area (Å²) in [6.45, 7) is 0. The van der Waals surface area contributed by atoms with Crippen LogP contribution in [0, 0.1) is 5.82 Å². The van der Waals surface area contributed by atoms with Gasteiger partial charge in [0.25, 0.3) is 5.91 Å². The molecule has 104 valence electrons. The van der Waals surface area contributed by atoms with Crippen molar-refractivity contribution >= 4 is 39.3 Å². The summed E-state index contributed by atoms with van der Waals surface area (Å²) in [5.74, 6) is -0.573. The molecule has 2 aromatic carbocycles. The van der Waals surface area contributed by atoms with Gasteiger partial charge in [-0.3, -0.25) is 9.59 Å². The molecular weight excluding hydrogens is 289 g/mol. The molecule has 0 saturated heterocycles. The highest BCUT2D eigenvalue weighted by molar-refractivity contribution is 7.20. The second kappa shape index (κ2) is 5.46. The summed E-state index contributed by atoms with van der Waals surface area (Å²) in [7, 11) is 0. The topological polar surface area (TPSA) is 46.2 Å². The van der Waals surface area contributed by atoms with E-state index in [1.54, 1.807) is 36.4 Å². The van der Waals surface area contributed by atoms with E-state index in [-0.39, 0.29) is 11.7 Å². The van der Waals surface area contributed by atoms with Crippen molar-refractivity contribution in [1.29, 1.82) is 0 Å². The third-order valence-electron chi connectivity index (χ3n) is 3.01. The minimum absolute atomic E-state index is 0.254. The molecule has 5 heteroatoms. The summed E-state index contributed by atoms with van der Waals surface area (Å²) in [5.41, 5.74) is 1.15. The number of carbonyl (C=O) groups excluding carboxylic acids is 2. The maximum Gasteiger partial charge on any atom is 0.265 e. The molecule has 0 aliphatic carbocycles. The van der Waals surface area contributed by atoms with Crippen molar-refractivity contribution in [1.82, 2.24) is 0 Å². The fourth-order valence-electron chi connectivity index (χ4n) is 1.95. The van der Waals surface area contributed by atoms with Gasteiger partial charge in [-0.1, -0.05) is 6.07 Å². The quantitative estimate of drug-likeness (QED) is 0.740. The van der Waals surface area contributed by atoms with Gasteiger partial charge in [-0.2, -0.15) is 0 Å². The van der Waals surface area contributed by atoms with Gasteiger partial charge >= 0.3 is 0 Å². The third kappa shape index (κ3) is 2.83. The fraction of sp³-hybridized carbons (Fsp3) is 0. The van der Waals surface area contributed by atoms with Gasteiger partial charge in [0.2, 0.25) is 0 Å². The Labute approximate surface area is 124 Å². The van der Waals surface area contributed by atoms with Crippen molar-refractivity contribution in [3.05, 3.63) is 64.8 Å². The number of aldehydes is 1. The summed E-state index contributed by atoms with van der Waals surface area (Å²) in [5, 5.41) is 3.58. The molecule has 3 aromatic rings. The van der Waals surface area contributed by atoms with Crippen LogP contribution in [0.5, 0.6) is 0 Å². The number of benzene rings is 2. The molecule has 0 radical (unpaired) electrons. The van der Waals surface area contributed by atoms with Gasteiger partial charge < -0.3 is 5.32 Å². The van der Waals surface area contributed by atoms with E-state index in [0.29, 0.717) is 16.1 Å². The first-order valence-electron chi connectivity index (χ1n) is 6.21. The number of halogens is 1. The lowest BCUT2D eigenvalue weighted by molar-refractivity contribution is 0.103. The monoisotopic (exact) mass is 299 g/mol. The number of rotatable bonds is 3. The number of fused-ring (bicyclic) bond motifs is 1. The molecule has 1 N–H and O–H groups in total. The van der Waals surface area contributed by atoms with Crippen molar-refractivity contribution < 1.29 is 14.0 Å². The second-order valence-corrected chi connectivity index (χ2v) is 5.57. The third-order valence-corrected chi connectivity index (χ3v) is 4.11. The average molecular weight is 299 g/mol. The maximum atomic E-state index is 13.1. The van der Waals surface area contributed by atoms with E-state index in [1.807, 2.05) is 0 Å². The average Bonchev–Trinajstić information content (AvgIpc) is 2.91. The van der Waals surface area contributed by atoms with Crippen LogP contribution < -0.4 is 5.32 Å². The van der Waals surface area contributed by atoms with Crippen molar-refractivity contribution in [2.24, 2.45) is 0 Å². The molecule has 0 atom stereocenters. The summed E-state index contributed by atoms with van der Waals surface area (Å²) >= 11 is 1.24. The van der Waals surface area contributed by atoms with Crippen molar-refractivity contribution in [2.75, 3.05) is 5.32 Å². The van der Waals surface area contributed by atoms with Crippen LogP contribution in [0.4, 0.5) is 10.1 Å². The first-order chi connectivity index (χ1) is 10.2. The van der Waals surface area contributed by atoms with Gasteiger partial charge in [-0.15, -0.1) is 11.3 Å². The van der Waals surface area contributed by atoms with E-state index in [2.05, 4.69) is 5.32 Å². The smallest absolute Gasteiger partial charge is 0.265 e. The molecule has 0 aliphatic rings. The molecule has 1 amide bonds. The molecule has 1 heterocycles. The summed E-state index contributed by atoms with van der Waals surface area (Å²) < 4.78 is 13.9. The van der Waals surface area contributed by atoms with Crippen LogP contribution in [0.3, 0.4) is 0 Å². The van der Waals surface area contributed by atoms with Gasteiger partial charge in [0.05, 0.1) is 4.88 Å². The summed E-state index contributed by atoms with van der Waals surface area (Å²) in [6, 6.07) is 12.7. The zero-order valence-electron chi connectivity index (χ0n) is 10.8. The lowest BCUT2D eigenvalue weighted by Gasteiger charge is -2.03. The van der Waals surface area contributed by atoms with Crippen LogP contribution in [0.25, 0.3) is 10.1 Å². The lowest BCUT2D eigenvalue weighted by Crippen LogP contribution is -2.09. The Bertz CT molecular complexity index is 824. The maximum absolute atomic E-state index is 13.1. The van der Waals surface area contributed by atoms with Crippen molar-refractivity contribution in [3.8, 4) is 0 Å². The van der Waals surface area contributed by atoms with Crippen molar-refractivity contribution in [2.45, 2.75) is 0 Å². The minimum Gasteiger partial charge on any atom is -0.321 e. The van der Waals surface area contributed by atoms with Gasteiger partial charge in [-0.05, 0) is 47.9 Å². The number of hydrogen-bond donors (Lipinski definition) is 1. The van der Waals surface area contributed by atoms with E-state index in [9.17, 15) is 14.0 Å². The Balaban J connectivity index is 1.84. The number of thiophene rings is 1. The molecule has 0 saturated carbocycles. The largest absolute Gasteiger partial charge is 0.321 e. The number of carbonyl (C=O) groups is 2. The van der Waals surface area contributed by atoms with Crippen LogP contribution in [-0.4, -0.2) is 12.2 Å². The molecule has 21 heavy (non-hydrogen) atoms. The zero-order chi connectivity index (χ0) is 14.8. The van der Waals surface area contributed by atoms with Gasteiger partial charge in [0.15, 0.2) is 0 Å². The fourth-order valence-corrected chi connectivity index (χ4v) is 2.94. The molecule has 0 unspecified atom stereocenters. The Morgan fingerprint density at radius 2 is 1.86 bits per heavy atom. The summed E-state index contributed by atoms with van der Waals surface area (Å²) in [6.07, 6.45) is 0.742. The van der Waals surface area contributed by atoms with Crippen molar-refractivity contribution in [3.63, 3.8) is 0 Å². The first kappa shape index (κ1) is 13.5. The SMILES string of the molecule is O=Cc1ccc(NC(=O)c2cc3ccc(F)cc3s2)cc1. The highest BCUT2D eigenvalue weighted by Crippen LogP contribution is 2.27. The molecule has 0 bridgehead atoms. The predicted molar refractivity (Wildman–Crippen MR) is 81.6 cm³/mol. The molecule has 0 fully saturated rings. The molecule has 3 nitrogen and oxygen atoms in total. The van der Waals surface area contributed by atoms with E-state index in [1.165, 1.54) is 23.5 Å². The van der Waals surface area contributed by atoms with Gasteiger partial charge in [-0.25, -0.2) is 4.39 Å². The second-order valence-electron chi connectivity index (χ2n) is 4.49. The number of amides is 1. The van der Waals surface area contributed by atoms with E-state index in [4.69, 9.17) is 0 Å². The molecule has 1 aromatic heterocycles. The Kier molecular flexibility index (Phi) is 3.50. The minimum atomic E-state index is -0.319. The molecular formula is C16H10FNO2S. The number of hydrogen-bond acceptors (Lipinski definition) is 3. The van der Waals surface area contributed by atoms with Crippen LogP contribution in [0.15, 0.2) is 48.5 Å². The van der Waals surface area contributed by atoms with Gasteiger partial charge in [0.1, 0.15) is 12.1 Å². The Morgan fingerprint density at radius 3 is 2.57 bits per heavy atom. The van der Waals surface area contributed by atoms with E-state index >= 15 is 0 Å². The van der Waals surface area contributed by atoms with E-state index < -0.39 is 0 Å². The first-order valence-corrected chi connectivity index (χ1v) is 7.03. The highest BCUT2D eigenvalue weighted by atomic mass is 32.1. The van der Waals surface area contributed by atoms with Crippen LogP contribution in [0.1, 0.15) is 20.0 Å². The Morgan fingerprint density at radius 1 is 1.10 bits per heavy atom. The standard InChI is InChI=1S/C16H10FNO2S/c17-12-4-3-11-7-15(21-14(11)8-12)16(20)18-13-5-1-10(9-19)2-6-13/h1-9H,(H,18,20). The number of anilines is 1. The number of nitrogens with one attached hydrogen (secondary N) is 1. The molecule has 3 rings (SSSR count). The highest BCUT2D eigenvalue weighted by Gasteiger charge is 2.11. The molecule has 0 aliphatic heterocycles. The Hall–Kier alpha value is -2.53. The zero-order valence-corrected chi connectivity index (χ0v) is 11.6. The predicted octanol–water partition coefficient (Wildman–Crippen LogP) is 4.11. The van der Waals surface area contributed by atoms with Crippen LogP contribution >= 0.6 is 11.3 Å². The summed E-state index contributed by atoms with van der Waals surface area (Å²) in [4.78, 5) is 23.2. The molecule has 0 spiro atoms. The van der Waals surface area contributed by atoms with Gasteiger partial charge in [0, 0.05) is 16.0 Å².